The molecule has 18 N–H and O–H groups in total. The summed E-state index contributed by atoms with van der Waals surface area (Å²) in [6, 6.07) is -5.26. The fourth-order valence-corrected chi connectivity index (χ4v) is 10.2. The number of aliphatic imine (C=N–C) groups is 2. The van der Waals surface area contributed by atoms with Gasteiger partial charge >= 0.3 is 0 Å². The molecule has 0 bridgehead atoms. The van der Waals surface area contributed by atoms with E-state index in [1.807, 2.05) is 0 Å². The van der Waals surface area contributed by atoms with Crippen molar-refractivity contribution >= 4 is 53.1 Å². The topological polar surface area (TPSA) is 373 Å². The van der Waals surface area contributed by atoms with Crippen molar-refractivity contribution in [2.24, 2.45) is 44.4 Å². The van der Waals surface area contributed by atoms with Crippen molar-refractivity contribution < 1.29 is 33.6 Å². The van der Waals surface area contributed by atoms with Crippen LogP contribution in [-0.2, 0) is 33.6 Å². The molecular formula is C63H124N14O7. The quantitative estimate of drug-likeness (QED) is 0.0159. The molecule has 0 aromatic carbocycles. The third-order valence-corrected chi connectivity index (χ3v) is 15.4. The molecule has 0 aliphatic heterocycles. The lowest BCUT2D eigenvalue weighted by Gasteiger charge is -2.27. The van der Waals surface area contributed by atoms with Gasteiger partial charge in [0, 0.05) is 32.5 Å². The van der Waals surface area contributed by atoms with Crippen molar-refractivity contribution in [1.29, 1.82) is 0 Å². The number of carbonyl (C=O) groups is 7. The fourth-order valence-electron chi connectivity index (χ4n) is 10.2. The summed E-state index contributed by atoms with van der Waals surface area (Å²) in [5.74, 6) is -3.22. The Morgan fingerprint density at radius 2 is 0.619 bits per heavy atom. The molecule has 0 unspecified atom stereocenters. The van der Waals surface area contributed by atoms with Gasteiger partial charge in [0.15, 0.2) is 17.7 Å². The summed E-state index contributed by atoms with van der Waals surface area (Å²) < 4.78 is 0. The van der Waals surface area contributed by atoms with E-state index in [0.29, 0.717) is 77.4 Å². The van der Waals surface area contributed by atoms with Gasteiger partial charge in [-0.05, 0) is 116 Å². The van der Waals surface area contributed by atoms with E-state index in [9.17, 15) is 33.6 Å². The molecule has 488 valence electrons. The number of hydrogen-bond donors (Lipinski definition) is 12. The minimum Gasteiger partial charge on any atom is -0.370 e. The lowest BCUT2D eigenvalue weighted by Crippen LogP contribution is -2.58. The molecule has 84 heavy (non-hydrogen) atoms. The maximum Gasteiger partial charge on any atom is 0.243 e. The maximum absolute atomic E-state index is 14.4. The van der Waals surface area contributed by atoms with Crippen LogP contribution in [0.1, 0.15) is 284 Å². The first kappa shape index (κ1) is 79.0. The first-order valence-corrected chi connectivity index (χ1v) is 33.4. The molecule has 0 rings (SSSR count). The Balaban J connectivity index is 6.10. The number of guanidine groups is 2. The fraction of sp³-hybridized carbons (Fsp3) is 0.857. The van der Waals surface area contributed by atoms with Crippen LogP contribution in [-0.4, -0.2) is 116 Å². The maximum atomic E-state index is 14.4. The summed E-state index contributed by atoms with van der Waals surface area (Å²) in [6.45, 7) is 7.37. The number of Topliss-reactive ketones (excluding diaryl/α,β-unsaturated/α-hetero) is 1. The molecule has 6 amide bonds. The first-order valence-electron chi connectivity index (χ1n) is 33.4. The molecule has 5 atom stereocenters. The number of hydrogen-bond acceptors (Lipinski definition) is 11. The standard InChI is InChI=1S/C63H124N14O7/c1-4-6-8-10-12-14-16-18-20-22-24-26-28-43-56(79)70-47-35-32-40-52(73-57(80)44-29-27-25-23-21-19-17-15-13-11-9-7-5-2)58(81)75-54(39-31-34-46-65)60(83)77-55(42-37-49-72-63(68)69)61(84)76-53(38-30-33-45-64)59(82)74-51(50(3)78)41-36-48-71-62(66)67/h51-55H,4-49,64-65H2,1-3H3,(H,70,79)(H,73,80)(H,74,82)(H,75,81)(H,76,84)(H,77,83)(H4,66,67,71)(H4,68,69,72)/t51-,52-,53-,54-,55-/m0/s1. The second-order valence-corrected chi connectivity index (χ2v) is 23.3. The molecule has 0 heterocycles. The van der Waals surface area contributed by atoms with Crippen LogP contribution < -0.4 is 66.3 Å². The molecule has 0 spiro atoms. The molecule has 0 aliphatic carbocycles. The second kappa shape index (κ2) is 55.8. The van der Waals surface area contributed by atoms with Crippen molar-refractivity contribution in [3.63, 3.8) is 0 Å². The van der Waals surface area contributed by atoms with E-state index in [1.54, 1.807) is 0 Å². The number of nitrogens with zero attached hydrogens (tertiary/aromatic N) is 2. The normalized spacial score (nSPS) is 12.9. The van der Waals surface area contributed by atoms with Gasteiger partial charge in [0.1, 0.15) is 24.2 Å². The number of nitrogens with two attached hydrogens (primary N) is 6. The van der Waals surface area contributed by atoms with E-state index < -0.39 is 53.8 Å². The zero-order valence-electron chi connectivity index (χ0n) is 53.1. The zero-order valence-corrected chi connectivity index (χ0v) is 53.1. The highest BCUT2D eigenvalue weighted by Gasteiger charge is 2.32. The molecule has 0 aromatic rings. The predicted octanol–water partition coefficient (Wildman–Crippen LogP) is 7.61. The first-order chi connectivity index (χ1) is 40.6. The van der Waals surface area contributed by atoms with Crippen molar-refractivity contribution in [3.8, 4) is 0 Å². The third-order valence-electron chi connectivity index (χ3n) is 15.4. The van der Waals surface area contributed by atoms with E-state index in [-0.39, 0.29) is 87.6 Å². The Hall–Kier alpha value is -5.05. The van der Waals surface area contributed by atoms with Gasteiger partial charge in [0.25, 0.3) is 0 Å². The van der Waals surface area contributed by atoms with Gasteiger partial charge in [0.05, 0.1) is 6.04 Å². The van der Waals surface area contributed by atoms with Gasteiger partial charge in [-0.3, -0.25) is 43.5 Å². The number of amides is 6. The van der Waals surface area contributed by atoms with Crippen LogP contribution in [0.25, 0.3) is 0 Å². The monoisotopic (exact) mass is 1190 g/mol. The minimum atomic E-state index is -1.20. The molecule has 0 radical (unpaired) electrons. The Bertz CT molecular complexity index is 1780. The van der Waals surface area contributed by atoms with Gasteiger partial charge in [-0.2, -0.15) is 0 Å². The lowest BCUT2D eigenvalue weighted by molar-refractivity contribution is -0.135. The van der Waals surface area contributed by atoms with Crippen molar-refractivity contribution in [2.45, 2.75) is 314 Å². The lowest BCUT2D eigenvalue weighted by atomic mass is 10.0. The third kappa shape index (κ3) is 47.2. The van der Waals surface area contributed by atoms with Crippen LogP contribution in [0, 0.1) is 0 Å². The number of nitrogens with one attached hydrogen (secondary N) is 6. The van der Waals surface area contributed by atoms with E-state index in [4.69, 9.17) is 34.4 Å². The van der Waals surface area contributed by atoms with Gasteiger partial charge in [0.2, 0.25) is 35.4 Å². The van der Waals surface area contributed by atoms with Crippen LogP contribution >= 0.6 is 0 Å². The predicted molar refractivity (Wildman–Crippen MR) is 343 cm³/mol. The highest BCUT2D eigenvalue weighted by molar-refractivity contribution is 5.96. The summed E-state index contributed by atoms with van der Waals surface area (Å²) >= 11 is 0. The van der Waals surface area contributed by atoms with Gasteiger partial charge in [-0.25, -0.2) is 0 Å². The Labute approximate surface area is 508 Å². The molecule has 0 saturated carbocycles. The molecule has 21 nitrogen and oxygen atoms in total. The Morgan fingerprint density at radius 1 is 0.333 bits per heavy atom. The van der Waals surface area contributed by atoms with E-state index in [0.717, 1.165) is 38.5 Å². The average Bonchev–Trinajstić information content (AvgIpc) is 3.52. The average molecular weight is 1190 g/mol. The SMILES string of the molecule is CCCCCCCCCCCCCCCC(=O)NCCCC[C@H](NC(=O)CCCCCCCCCCCCCCC)C(=O)N[C@@H](CCCCN)C(=O)N[C@@H](CCCN=C(N)N)C(=O)N[C@@H](CCCCN)C(=O)N[C@@H](CCCN=C(N)N)C(C)=O. The number of unbranched alkanes of at least 4 members (excludes halogenated alkanes) is 27. The van der Waals surface area contributed by atoms with Crippen molar-refractivity contribution in [1.82, 2.24) is 31.9 Å². The molecule has 0 aliphatic rings. The van der Waals surface area contributed by atoms with Gasteiger partial charge < -0.3 is 66.3 Å². The van der Waals surface area contributed by atoms with Gasteiger partial charge in [-0.15, -0.1) is 0 Å². The smallest absolute Gasteiger partial charge is 0.243 e. The van der Waals surface area contributed by atoms with Crippen LogP contribution in [0.5, 0.6) is 0 Å². The minimum absolute atomic E-state index is 0.00679. The van der Waals surface area contributed by atoms with Crippen LogP contribution in [0.2, 0.25) is 0 Å². The highest BCUT2D eigenvalue weighted by Crippen LogP contribution is 2.16. The summed E-state index contributed by atoms with van der Waals surface area (Å²) in [6.07, 6.45) is 36.9. The molecular weight excluding hydrogens is 1060 g/mol. The zero-order chi connectivity index (χ0) is 62.3. The van der Waals surface area contributed by atoms with E-state index in [1.165, 1.54) is 129 Å². The molecule has 21 heteroatoms. The van der Waals surface area contributed by atoms with Crippen molar-refractivity contribution in [3.05, 3.63) is 0 Å². The van der Waals surface area contributed by atoms with Crippen LogP contribution in [0.3, 0.4) is 0 Å². The summed E-state index contributed by atoms with van der Waals surface area (Å²) in [5, 5.41) is 17.3. The molecule has 0 fully saturated rings. The summed E-state index contributed by atoms with van der Waals surface area (Å²) in [5.41, 5.74) is 33.7. The summed E-state index contributed by atoms with van der Waals surface area (Å²) in [4.78, 5) is 104. The van der Waals surface area contributed by atoms with Gasteiger partial charge in [-0.1, -0.05) is 168 Å². The van der Waals surface area contributed by atoms with Crippen LogP contribution in [0.15, 0.2) is 9.98 Å². The second-order valence-electron chi connectivity index (χ2n) is 23.3. The van der Waals surface area contributed by atoms with E-state index >= 15 is 0 Å². The number of carbonyl (C=O) groups excluding carboxylic acids is 7. The number of ketones is 1. The number of rotatable bonds is 59. The summed E-state index contributed by atoms with van der Waals surface area (Å²) in [7, 11) is 0. The highest BCUT2D eigenvalue weighted by atomic mass is 16.2. The van der Waals surface area contributed by atoms with Crippen LogP contribution in [0.4, 0.5) is 0 Å². The Kier molecular flexibility index (Phi) is 52.4. The molecule has 0 saturated heterocycles. The van der Waals surface area contributed by atoms with E-state index in [2.05, 4.69) is 55.7 Å². The Morgan fingerprint density at radius 3 is 0.952 bits per heavy atom. The van der Waals surface area contributed by atoms with Crippen molar-refractivity contribution in [2.75, 3.05) is 32.7 Å². The molecule has 0 aromatic heterocycles. The largest absolute Gasteiger partial charge is 0.370 e.